The number of methoxy groups -OCH3 is 1. The van der Waals surface area contributed by atoms with E-state index in [-0.39, 0.29) is 5.56 Å². The third-order valence-corrected chi connectivity index (χ3v) is 3.95. The summed E-state index contributed by atoms with van der Waals surface area (Å²) in [5, 5.41) is 9.82. The number of nitrogens with zero attached hydrogens (tertiary/aromatic N) is 2. The summed E-state index contributed by atoms with van der Waals surface area (Å²) in [5.74, 6) is 0.0342. The molecule has 0 aliphatic heterocycles. The van der Waals surface area contributed by atoms with Gasteiger partial charge < -0.3 is 14.4 Å². The second-order valence-corrected chi connectivity index (χ2v) is 5.47. The van der Waals surface area contributed by atoms with Crippen LogP contribution < -0.4 is 4.74 Å². The minimum Gasteiger partial charge on any atom is -0.496 e. The number of benzene rings is 2. The third-order valence-electron chi connectivity index (χ3n) is 3.72. The number of fused-ring (bicyclic) bond motifs is 1. The number of halogens is 1. The lowest BCUT2D eigenvalue weighted by Gasteiger charge is -2.09. The van der Waals surface area contributed by atoms with Crippen LogP contribution in [-0.4, -0.2) is 27.7 Å². The molecule has 0 fully saturated rings. The summed E-state index contributed by atoms with van der Waals surface area (Å²) >= 11 is 6.04. The topological polar surface area (TPSA) is 64.4 Å². The fourth-order valence-electron chi connectivity index (χ4n) is 2.65. The molecule has 0 radical (unpaired) electrons. The molecule has 0 aliphatic carbocycles. The summed E-state index contributed by atoms with van der Waals surface area (Å²) in [6.07, 6.45) is 0. The zero-order valence-corrected chi connectivity index (χ0v) is 13.5. The minimum absolute atomic E-state index is 0.124. The number of carboxylic acid groups (broad SMARTS) is 1. The van der Waals surface area contributed by atoms with Gasteiger partial charge in [-0.1, -0.05) is 17.7 Å². The molecule has 0 saturated carbocycles. The van der Waals surface area contributed by atoms with Crippen molar-refractivity contribution in [2.45, 2.75) is 13.5 Å². The number of imidazole rings is 1. The number of aryl methyl sites for hydroxylation is 1. The summed E-state index contributed by atoms with van der Waals surface area (Å²) in [5.41, 5.74) is 2.70. The van der Waals surface area contributed by atoms with Crippen LogP contribution in [0.15, 0.2) is 36.4 Å². The Balaban J connectivity index is 2.22. The molecule has 0 saturated heterocycles. The summed E-state index contributed by atoms with van der Waals surface area (Å²) in [6.45, 7) is 2.76. The van der Waals surface area contributed by atoms with Crippen molar-refractivity contribution in [1.82, 2.24) is 9.55 Å². The Kier molecular flexibility index (Phi) is 3.96. The summed E-state index contributed by atoms with van der Waals surface area (Å²) in [4.78, 5) is 15.9. The van der Waals surface area contributed by atoms with Crippen LogP contribution in [0, 0.1) is 0 Å². The first-order chi connectivity index (χ1) is 11.0. The predicted molar refractivity (Wildman–Crippen MR) is 89.4 cm³/mol. The molecule has 0 amide bonds. The molecular weight excluding hydrogens is 316 g/mol. The molecular formula is C17H15ClN2O3. The second-order valence-electron chi connectivity index (χ2n) is 5.03. The Bertz CT molecular complexity index is 902. The van der Waals surface area contributed by atoms with Crippen molar-refractivity contribution < 1.29 is 14.6 Å². The largest absolute Gasteiger partial charge is 0.496 e. The van der Waals surface area contributed by atoms with E-state index in [0.717, 1.165) is 29.0 Å². The number of aromatic carboxylic acids is 1. The van der Waals surface area contributed by atoms with Crippen LogP contribution in [0.25, 0.3) is 22.4 Å². The van der Waals surface area contributed by atoms with Gasteiger partial charge in [0.25, 0.3) is 0 Å². The van der Waals surface area contributed by atoms with Crippen molar-refractivity contribution >= 4 is 28.6 Å². The molecule has 2 aromatic carbocycles. The van der Waals surface area contributed by atoms with Gasteiger partial charge in [-0.2, -0.15) is 0 Å². The number of hydrogen-bond acceptors (Lipinski definition) is 3. The Morgan fingerprint density at radius 3 is 2.74 bits per heavy atom. The van der Waals surface area contributed by atoms with Crippen molar-refractivity contribution in [2.24, 2.45) is 0 Å². The number of carboxylic acids is 1. The molecule has 0 atom stereocenters. The summed E-state index contributed by atoms with van der Waals surface area (Å²) < 4.78 is 7.25. The van der Waals surface area contributed by atoms with Gasteiger partial charge in [-0.25, -0.2) is 9.78 Å². The van der Waals surface area contributed by atoms with Crippen molar-refractivity contribution in [3.63, 3.8) is 0 Å². The Labute approximate surface area is 138 Å². The van der Waals surface area contributed by atoms with Gasteiger partial charge in [-0.05, 0) is 37.3 Å². The highest BCUT2D eigenvalue weighted by Gasteiger charge is 2.16. The van der Waals surface area contributed by atoms with Crippen molar-refractivity contribution in [2.75, 3.05) is 7.11 Å². The maximum atomic E-state index is 11.2. The van der Waals surface area contributed by atoms with Crippen LogP contribution >= 0.6 is 11.6 Å². The highest BCUT2D eigenvalue weighted by Crippen LogP contribution is 2.30. The molecule has 3 aromatic rings. The molecule has 0 unspecified atom stereocenters. The summed E-state index contributed by atoms with van der Waals surface area (Å²) in [6, 6.07) is 10.5. The van der Waals surface area contributed by atoms with Gasteiger partial charge in [0.1, 0.15) is 17.1 Å². The SMILES string of the molecule is CCn1c(-c2ccc(C(=O)O)c(OC)c2)nc2cc(Cl)ccc21. The number of hydrogen-bond donors (Lipinski definition) is 1. The fourth-order valence-corrected chi connectivity index (χ4v) is 2.82. The minimum atomic E-state index is -1.02. The molecule has 5 nitrogen and oxygen atoms in total. The van der Waals surface area contributed by atoms with Gasteiger partial charge in [0, 0.05) is 17.1 Å². The zero-order chi connectivity index (χ0) is 16.6. The molecule has 0 aliphatic rings. The van der Waals surface area contributed by atoms with Crippen LogP contribution in [0.3, 0.4) is 0 Å². The summed E-state index contributed by atoms with van der Waals surface area (Å²) in [7, 11) is 1.45. The Morgan fingerprint density at radius 2 is 2.09 bits per heavy atom. The average molecular weight is 331 g/mol. The first kappa shape index (κ1) is 15.4. The number of aromatic nitrogens is 2. The maximum absolute atomic E-state index is 11.2. The molecule has 0 bridgehead atoms. The normalized spacial score (nSPS) is 10.9. The smallest absolute Gasteiger partial charge is 0.339 e. The second kappa shape index (κ2) is 5.93. The van der Waals surface area contributed by atoms with Crippen LogP contribution in [0.1, 0.15) is 17.3 Å². The lowest BCUT2D eigenvalue weighted by atomic mass is 10.1. The van der Waals surface area contributed by atoms with Crippen molar-refractivity contribution in [1.29, 1.82) is 0 Å². The van der Waals surface area contributed by atoms with E-state index in [0.29, 0.717) is 10.8 Å². The van der Waals surface area contributed by atoms with E-state index < -0.39 is 5.97 Å². The zero-order valence-electron chi connectivity index (χ0n) is 12.7. The lowest BCUT2D eigenvalue weighted by molar-refractivity contribution is 0.0693. The van der Waals surface area contributed by atoms with Gasteiger partial charge in [0.2, 0.25) is 0 Å². The Morgan fingerprint density at radius 1 is 1.30 bits per heavy atom. The molecule has 1 heterocycles. The lowest BCUT2D eigenvalue weighted by Crippen LogP contribution is -2.02. The van der Waals surface area contributed by atoms with E-state index in [2.05, 4.69) is 9.55 Å². The number of ether oxygens (including phenoxy) is 1. The molecule has 118 valence electrons. The van der Waals surface area contributed by atoms with Crippen LogP contribution in [-0.2, 0) is 6.54 Å². The van der Waals surface area contributed by atoms with Gasteiger partial charge in [-0.3, -0.25) is 0 Å². The van der Waals surface area contributed by atoms with Crippen LogP contribution in [0.2, 0.25) is 5.02 Å². The molecule has 23 heavy (non-hydrogen) atoms. The number of rotatable bonds is 4. The van der Waals surface area contributed by atoms with Crippen LogP contribution in [0.5, 0.6) is 5.75 Å². The highest BCUT2D eigenvalue weighted by atomic mass is 35.5. The van der Waals surface area contributed by atoms with E-state index in [4.69, 9.17) is 16.3 Å². The van der Waals surface area contributed by atoms with E-state index in [1.54, 1.807) is 12.1 Å². The third kappa shape index (κ3) is 2.64. The van der Waals surface area contributed by atoms with E-state index >= 15 is 0 Å². The molecule has 1 N–H and O–H groups in total. The monoisotopic (exact) mass is 330 g/mol. The first-order valence-electron chi connectivity index (χ1n) is 7.12. The van der Waals surface area contributed by atoms with Crippen molar-refractivity contribution in [3.8, 4) is 17.1 Å². The number of carbonyl (C=O) groups is 1. The van der Waals surface area contributed by atoms with Gasteiger partial charge >= 0.3 is 5.97 Å². The van der Waals surface area contributed by atoms with Crippen molar-refractivity contribution in [3.05, 3.63) is 47.0 Å². The average Bonchev–Trinajstić information content (AvgIpc) is 2.91. The highest BCUT2D eigenvalue weighted by molar-refractivity contribution is 6.31. The van der Waals surface area contributed by atoms with E-state index in [1.807, 2.05) is 25.1 Å². The van der Waals surface area contributed by atoms with Gasteiger partial charge in [-0.15, -0.1) is 0 Å². The molecule has 3 rings (SSSR count). The molecule has 1 aromatic heterocycles. The quantitative estimate of drug-likeness (QED) is 0.782. The van der Waals surface area contributed by atoms with Gasteiger partial charge in [0.15, 0.2) is 0 Å². The first-order valence-corrected chi connectivity index (χ1v) is 7.50. The molecule has 0 spiro atoms. The fraction of sp³-hybridized carbons (Fsp3) is 0.176. The molecule has 6 heteroatoms. The standard InChI is InChI=1S/C17H15ClN2O3/c1-3-20-14-7-5-11(18)9-13(14)19-16(20)10-4-6-12(17(21)22)15(8-10)23-2/h4-9H,3H2,1-2H3,(H,21,22). The predicted octanol–water partition coefficient (Wildman–Crippen LogP) is 4.08. The maximum Gasteiger partial charge on any atom is 0.339 e. The van der Waals surface area contributed by atoms with E-state index in [9.17, 15) is 9.90 Å². The van der Waals surface area contributed by atoms with Gasteiger partial charge in [0.05, 0.1) is 18.1 Å². The van der Waals surface area contributed by atoms with E-state index in [1.165, 1.54) is 13.2 Å². The van der Waals surface area contributed by atoms with Crippen LogP contribution in [0.4, 0.5) is 0 Å². The Hall–Kier alpha value is -2.53.